The van der Waals surface area contributed by atoms with E-state index in [4.69, 9.17) is 9.15 Å². The predicted octanol–water partition coefficient (Wildman–Crippen LogP) is 2.11. The molecule has 1 amide bonds. The molecule has 4 heterocycles. The highest BCUT2D eigenvalue weighted by Gasteiger charge is 2.22. The van der Waals surface area contributed by atoms with Crippen LogP contribution in [0.4, 0.5) is 0 Å². The summed E-state index contributed by atoms with van der Waals surface area (Å²) in [6.45, 7) is 8.71. The lowest BCUT2D eigenvalue weighted by molar-refractivity contribution is 0.0383. The molecule has 1 saturated heterocycles. The van der Waals surface area contributed by atoms with E-state index in [0.29, 0.717) is 29.5 Å². The van der Waals surface area contributed by atoms with Gasteiger partial charge in [0.1, 0.15) is 5.69 Å². The molecular weight excluding hydrogens is 384 g/mol. The number of carbonyl (C=O) groups is 1. The van der Waals surface area contributed by atoms with Crippen LogP contribution in [-0.4, -0.2) is 69.9 Å². The summed E-state index contributed by atoms with van der Waals surface area (Å²) in [5, 5.41) is 7.43. The van der Waals surface area contributed by atoms with E-state index in [1.54, 1.807) is 29.4 Å². The number of furan rings is 1. The molecule has 1 N–H and O–H groups in total. The Bertz CT molecular complexity index is 977. The van der Waals surface area contributed by atoms with E-state index in [1.165, 1.54) is 0 Å². The molecule has 0 radical (unpaired) electrons. The third-order valence-corrected chi connectivity index (χ3v) is 5.02. The van der Waals surface area contributed by atoms with Gasteiger partial charge in [-0.05, 0) is 24.1 Å². The van der Waals surface area contributed by atoms with E-state index >= 15 is 0 Å². The van der Waals surface area contributed by atoms with Crippen molar-refractivity contribution in [3.8, 4) is 17.4 Å². The minimum atomic E-state index is -0.139. The highest BCUT2D eigenvalue weighted by molar-refractivity contribution is 5.95. The highest BCUT2D eigenvalue weighted by Crippen LogP contribution is 2.23. The van der Waals surface area contributed by atoms with Crippen LogP contribution in [0.15, 0.2) is 41.3 Å². The van der Waals surface area contributed by atoms with Gasteiger partial charge in [-0.25, -0.2) is 14.6 Å². The number of hydrogen-bond acceptors (Lipinski definition) is 7. The first-order valence-electron chi connectivity index (χ1n) is 10.2. The average Bonchev–Trinajstić information content (AvgIpc) is 3.45. The Morgan fingerprint density at radius 2 is 2.10 bits per heavy atom. The number of amides is 1. The molecular formula is C21H26N6O3. The fourth-order valence-corrected chi connectivity index (χ4v) is 3.51. The van der Waals surface area contributed by atoms with Crippen molar-refractivity contribution < 1.29 is 13.9 Å². The quantitative estimate of drug-likeness (QED) is 0.637. The lowest BCUT2D eigenvalue weighted by Crippen LogP contribution is -2.41. The predicted molar refractivity (Wildman–Crippen MR) is 111 cm³/mol. The number of ether oxygens (including phenoxy) is 1. The number of nitrogens with one attached hydrogen (secondary N) is 1. The van der Waals surface area contributed by atoms with E-state index in [1.807, 2.05) is 26.0 Å². The van der Waals surface area contributed by atoms with Crippen molar-refractivity contribution in [2.24, 2.45) is 0 Å². The summed E-state index contributed by atoms with van der Waals surface area (Å²) < 4.78 is 12.4. The maximum atomic E-state index is 12.8. The second kappa shape index (κ2) is 9.19. The van der Waals surface area contributed by atoms with Crippen LogP contribution in [0, 0.1) is 0 Å². The SMILES string of the molecule is CC(C)c1c(C(=O)NCCN2CCOCC2)cnn1-c1nccc(-c2ccco2)n1. The molecule has 0 saturated carbocycles. The van der Waals surface area contributed by atoms with Gasteiger partial charge in [-0.1, -0.05) is 13.8 Å². The van der Waals surface area contributed by atoms with Crippen molar-refractivity contribution in [3.05, 3.63) is 48.1 Å². The van der Waals surface area contributed by atoms with Crippen LogP contribution >= 0.6 is 0 Å². The van der Waals surface area contributed by atoms with Crippen LogP contribution in [0.25, 0.3) is 17.4 Å². The van der Waals surface area contributed by atoms with E-state index in [0.717, 1.165) is 38.5 Å². The summed E-state index contributed by atoms with van der Waals surface area (Å²) in [5.41, 5.74) is 1.97. The standard InChI is InChI=1S/C21H26N6O3/c1-15(2)19-16(20(28)22-7-8-26-9-12-29-13-10-26)14-24-27(19)21-23-6-5-17(25-21)18-4-3-11-30-18/h3-6,11,14-15H,7-10,12-13H2,1-2H3,(H,22,28). The van der Waals surface area contributed by atoms with Gasteiger partial charge in [-0.3, -0.25) is 9.69 Å². The van der Waals surface area contributed by atoms with E-state index in [2.05, 4.69) is 25.3 Å². The van der Waals surface area contributed by atoms with Crippen LogP contribution in [0.1, 0.15) is 35.8 Å². The minimum Gasteiger partial charge on any atom is -0.463 e. The van der Waals surface area contributed by atoms with Crippen molar-refractivity contribution >= 4 is 5.91 Å². The third kappa shape index (κ3) is 4.42. The molecule has 0 spiro atoms. The fraction of sp³-hybridized carbons (Fsp3) is 0.429. The molecule has 1 aliphatic rings. The first kappa shape index (κ1) is 20.2. The molecule has 9 heteroatoms. The Kier molecular flexibility index (Phi) is 6.20. The number of rotatable bonds is 7. The molecule has 1 fully saturated rings. The molecule has 0 aliphatic carbocycles. The van der Waals surface area contributed by atoms with Crippen molar-refractivity contribution in [2.75, 3.05) is 39.4 Å². The molecule has 158 valence electrons. The number of nitrogens with zero attached hydrogens (tertiary/aromatic N) is 5. The van der Waals surface area contributed by atoms with Gasteiger partial charge < -0.3 is 14.5 Å². The van der Waals surface area contributed by atoms with Gasteiger partial charge in [0.05, 0.1) is 36.9 Å². The molecule has 1 aliphatic heterocycles. The second-order valence-corrected chi connectivity index (χ2v) is 7.44. The van der Waals surface area contributed by atoms with Crippen molar-refractivity contribution in [1.29, 1.82) is 0 Å². The van der Waals surface area contributed by atoms with Gasteiger partial charge >= 0.3 is 0 Å². The van der Waals surface area contributed by atoms with Crippen LogP contribution in [0.5, 0.6) is 0 Å². The summed E-state index contributed by atoms with van der Waals surface area (Å²) in [5.74, 6) is 0.974. The van der Waals surface area contributed by atoms with Gasteiger partial charge in [0.2, 0.25) is 0 Å². The first-order chi connectivity index (χ1) is 14.6. The zero-order valence-electron chi connectivity index (χ0n) is 17.2. The third-order valence-electron chi connectivity index (χ3n) is 5.02. The Labute approximate surface area is 175 Å². The molecule has 9 nitrogen and oxygen atoms in total. The molecule has 30 heavy (non-hydrogen) atoms. The zero-order chi connectivity index (χ0) is 20.9. The highest BCUT2D eigenvalue weighted by atomic mass is 16.5. The summed E-state index contributed by atoms with van der Waals surface area (Å²) in [7, 11) is 0. The van der Waals surface area contributed by atoms with Crippen LogP contribution in [-0.2, 0) is 4.74 Å². The fourth-order valence-electron chi connectivity index (χ4n) is 3.51. The first-order valence-corrected chi connectivity index (χ1v) is 10.2. The largest absolute Gasteiger partial charge is 0.463 e. The van der Waals surface area contributed by atoms with Gasteiger partial charge in [-0.15, -0.1) is 0 Å². The topological polar surface area (TPSA) is 98.3 Å². The maximum absolute atomic E-state index is 12.8. The summed E-state index contributed by atoms with van der Waals surface area (Å²) in [4.78, 5) is 24.1. The molecule has 4 rings (SSSR count). The van der Waals surface area contributed by atoms with Crippen molar-refractivity contribution in [1.82, 2.24) is 30.0 Å². The Morgan fingerprint density at radius 1 is 1.27 bits per heavy atom. The van der Waals surface area contributed by atoms with E-state index in [9.17, 15) is 4.79 Å². The molecule has 3 aromatic rings. The number of aromatic nitrogens is 4. The normalized spacial score (nSPS) is 14.9. The molecule has 3 aromatic heterocycles. The van der Waals surface area contributed by atoms with E-state index in [-0.39, 0.29) is 11.8 Å². The minimum absolute atomic E-state index is 0.0587. The van der Waals surface area contributed by atoms with Crippen molar-refractivity contribution in [3.63, 3.8) is 0 Å². The maximum Gasteiger partial charge on any atom is 0.254 e. The van der Waals surface area contributed by atoms with Crippen molar-refractivity contribution in [2.45, 2.75) is 19.8 Å². The Hall–Kier alpha value is -3.04. The lowest BCUT2D eigenvalue weighted by Gasteiger charge is -2.26. The van der Waals surface area contributed by atoms with Crippen LogP contribution in [0.2, 0.25) is 0 Å². The number of hydrogen-bond donors (Lipinski definition) is 1. The van der Waals surface area contributed by atoms with Gasteiger partial charge in [0.25, 0.3) is 11.9 Å². The monoisotopic (exact) mass is 410 g/mol. The molecule has 0 atom stereocenters. The van der Waals surface area contributed by atoms with Gasteiger partial charge in [-0.2, -0.15) is 5.10 Å². The molecule has 0 bridgehead atoms. The second-order valence-electron chi connectivity index (χ2n) is 7.44. The van der Waals surface area contributed by atoms with Gasteiger partial charge in [0, 0.05) is 32.4 Å². The number of morpholine rings is 1. The van der Waals surface area contributed by atoms with Gasteiger partial charge in [0.15, 0.2) is 5.76 Å². The van der Waals surface area contributed by atoms with Crippen LogP contribution < -0.4 is 5.32 Å². The Balaban J connectivity index is 1.52. The molecule has 0 unspecified atom stereocenters. The average molecular weight is 410 g/mol. The smallest absolute Gasteiger partial charge is 0.254 e. The molecule has 0 aromatic carbocycles. The lowest BCUT2D eigenvalue weighted by atomic mass is 10.1. The summed E-state index contributed by atoms with van der Waals surface area (Å²) >= 11 is 0. The van der Waals surface area contributed by atoms with E-state index < -0.39 is 0 Å². The zero-order valence-corrected chi connectivity index (χ0v) is 17.2. The van der Waals surface area contributed by atoms with Crippen LogP contribution in [0.3, 0.4) is 0 Å². The summed E-state index contributed by atoms with van der Waals surface area (Å²) in [6.07, 6.45) is 4.85. The number of carbonyl (C=O) groups excluding carboxylic acids is 1. The Morgan fingerprint density at radius 3 is 2.83 bits per heavy atom. The summed E-state index contributed by atoms with van der Waals surface area (Å²) in [6, 6.07) is 5.43.